The molecule has 2 aromatic heterocycles. The molecule has 0 saturated carbocycles. The van der Waals surface area contributed by atoms with Crippen molar-refractivity contribution in [2.24, 2.45) is 0 Å². The second-order valence-electron chi connectivity index (χ2n) is 8.30. The number of H-pyrrole nitrogens is 1. The molecule has 0 saturated heterocycles. The number of halogens is 1. The van der Waals surface area contributed by atoms with Crippen LogP contribution in [0.4, 0.5) is 10.1 Å². The summed E-state index contributed by atoms with van der Waals surface area (Å²) < 4.78 is 18.1. The lowest BCUT2D eigenvalue weighted by molar-refractivity contribution is -0.116. The van der Waals surface area contributed by atoms with Crippen LogP contribution in [0.5, 0.6) is 0 Å². The van der Waals surface area contributed by atoms with Crippen molar-refractivity contribution in [3.63, 3.8) is 0 Å². The van der Waals surface area contributed by atoms with Crippen LogP contribution in [0, 0.1) is 24.4 Å². The van der Waals surface area contributed by atoms with Gasteiger partial charge in [0.2, 0.25) is 5.91 Å². The second-order valence-corrected chi connectivity index (χ2v) is 8.68. The molecular weight excluding hydrogens is 453 g/mol. The van der Waals surface area contributed by atoms with E-state index in [0.29, 0.717) is 40.9 Å². The number of unbranched alkanes of at least 4 members (excludes halogenated alkanes) is 2. The summed E-state index contributed by atoms with van der Waals surface area (Å²) >= 11 is 5.33. The van der Waals surface area contributed by atoms with Gasteiger partial charge in [0.1, 0.15) is 5.69 Å². The van der Waals surface area contributed by atoms with Crippen LogP contribution in [0.25, 0.3) is 16.6 Å². The number of carbonyl (C=O) groups excluding carboxylic acids is 1. The summed E-state index contributed by atoms with van der Waals surface area (Å²) in [7, 11) is 0. The fourth-order valence-corrected chi connectivity index (χ4v) is 4.27. The van der Waals surface area contributed by atoms with Gasteiger partial charge >= 0.3 is 0 Å². The number of aromatic nitrogens is 4. The van der Waals surface area contributed by atoms with Gasteiger partial charge in [-0.3, -0.25) is 14.2 Å². The van der Waals surface area contributed by atoms with E-state index in [1.54, 1.807) is 27.4 Å². The van der Waals surface area contributed by atoms with Gasteiger partial charge < -0.3 is 10.3 Å². The van der Waals surface area contributed by atoms with Gasteiger partial charge in [-0.05, 0) is 75.3 Å². The lowest BCUT2D eigenvalue weighted by Gasteiger charge is -2.10. The van der Waals surface area contributed by atoms with Crippen LogP contribution in [-0.4, -0.2) is 25.2 Å². The molecule has 1 amide bonds. The van der Waals surface area contributed by atoms with Gasteiger partial charge in [0, 0.05) is 24.3 Å². The zero-order valence-electron chi connectivity index (χ0n) is 19.1. The summed E-state index contributed by atoms with van der Waals surface area (Å²) in [6.45, 7) is 4.20. The lowest BCUT2D eigenvalue weighted by atomic mass is 10.1. The van der Waals surface area contributed by atoms with Crippen LogP contribution in [0.15, 0.2) is 53.3 Å². The molecular formula is C25H26FN5O2S. The molecule has 0 aliphatic heterocycles. The monoisotopic (exact) mass is 479 g/mol. The molecule has 2 aromatic carbocycles. The van der Waals surface area contributed by atoms with Crippen molar-refractivity contribution >= 4 is 34.7 Å². The van der Waals surface area contributed by atoms with E-state index in [1.807, 2.05) is 38.1 Å². The number of anilines is 1. The average Bonchev–Trinajstić information content (AvgIpc) is 3.13. The Morgan fingerprint density at radius 1 is 1.12 bits per heavy atom. The van der Waals surface area contributed by atoms with Crippen LogP contribution in [-0.2, 0) is 11.3 Å². The van der Waals surface area contributed by atoms with Crippen molar-refractivity contribution in [1.82, 2.24) is 19.3 Å². The smallest absolute Gasteiger partial charge is 0.262 e. The molecule has 2 heterocycles. The van der Waals surface area contributed by atoms with Crippen LogP contribution >= 0.6 is 12.2 Å². The maximum absolute atomic E-state index is 14.6. The quantitative estimate of drug-likeness (QED) is 0.269. The Kier molecular flexibility index (Phi) is 7.02. The highest BCUT2D eigenvalue weighted by Crippen LogP contribution is 2.20. The number of aromatic amines is 1. The summed E-state index contributed by atoms with van der Waals surface area (Å²) in [5, 5.41) is 7.64. The molecule has 7 nitrogen and oxygen atoms in total. The topological polar surface area (TPSA) is 84.7 Å². The fourth-order valence-electron chi connectivity index (χ4n) is 3.99. The number of carbonyl (C=O) groups is 1. The zero-order chi connectivity index (χ0) is 24.2. The number of rotatable bonds is 8. The number of hydrogen-bond acceptors (Lipinski definition) is 4. The molecule has 4 aromatic rings. The molecule has 0 spiro atoms. The van der Waals surface area contributed by atoms with E-state index in [-0.39, 0.29) is 11.5 Å². The molecule has 0 bridgehead atoms. The molecule has 176 valence electrons. The molecule has 0 aliphatic rings. The Morgan fingerprint density at radius 2 is 1.91 bits per heavy atom. The number of nitrogens with one attached hydrogen (secondary N) is 2. The van der Waals surface area contributed by atoms with E-state index >= 15 is 0 Å². The summed E-state index contributed by atoms with van der Waals surface area (Å²) in [5.41, 5.74) is 3.00. The summed E-state index contributed by atoms with van der Waals surface area (Å²) in [4.78, 5) is 28.0. The van der Waals surface area contributed by atoms with Crippen molar-refractivity contribution in [2.75, 3.05) is 5.32 Å². The molecule has 0 atom stereocenters. The third-order valence-electron chi connectivity index (χ3n) is 5.64. The summed E-state index contributed by atoms with van der Waals surface area (Å²) in [5.74, 6) is -0.639. The minimum Gasteiger partial charge on any atom is -0.332 e. The summed E-state index contributed by atoms with van der Waals surface area (Å²) in [6.07, 6.45) is 2.43. The van der Waals surface area contributed by atoms with E-state index in [9.17, 15) is 14.0 Å². The largest absolute Gasteiger partial charge is 0.332 e. The molecule has 2 N–H and O–H groups in total. The molecule has 0 radical (unpaired) electrons. The molecule has 4 rings (SSSR count). The fraction of sp³-hybridized carbons (Fsp3) is 0.280. The van der Waals surface area contributed by atoms with Crippen molar-refractivity contribution < 1.29 is 9.18 Å². The third-order valence-corrected chi connectivity index (χ3v) is 5.97. The average molecular weight is 480 g/mol. The molecule has 0 aliphatic carbocycles. The number of nitrogens with zero attached hydrogens (tertiary/aromatic N) is 3. The van der Waals surface area contributed by atoms with Crippen molar-refractivity contribution in [3.8, 4) is 5.69 Å². The third kappa shape index (κ3) is 5.14. The van der Waals surface area contributed by atoms with E-state index in [1.165, 1.54) is 6.07 Å². The molecule has 0 unspecified atom stereocenters. The van der Waals surface area contributed by atoms with Gasteiger partial charge in [-0.15, -0.1) is 0 Å². The standard InChI is InChI=1S/C25H26FN5O2S/c1-16-14-17(2)31(29-16)22-12-11-18(15-20(22)26)27-23(32)10-4-3-7-13-30-24(33)19-8-5-6-9-21(19)28-25(30)34/h5-6,8-9,11-12,14-15H,3-4,7,10,13H2,1-2H3,(H,27,32)(H,28,34). The first kappa shape index (κ1) is 23.6. The predicted octanol–water partition coefficient (Wildman–Crippen LogP) is 5.20. The molecule has 0 fully saturated rings. The van der Waals surface area contributed by atoms with Crippen LogP contribution in [0.1, 0.15) is 37.1 Å². The number of hydrogen-bond donors (Lipinski definition) is 2. The van der Waals surface area contributed by atoms with E-state index < -0.39 is 5.82 Å². The van der Waals surface area contributed by atoms with Gasteiger partial charge in [0.25, 0.3) is 5.56 Å². The van der Waals surface area contributed by atoms with Crippen molar-refractivity contribution in [3.05, 3.63) is 80.9 Å². The minimum atomic E-state index is -0.457. The van der Waals surface area contributed by atoms with Gasteiger partial charge in [0.15, 0.2) is 10.6 Å². The first-order chi connectivity index (χ1) is 16.3. The highest BCUT2D eigenvalue weighted by molar-refractivity contribution is 7.71. The first-order valence-electron chi connectivity index (χ1n) is 11.2. The van der Waals surface area contributed by atoms with Crippen LogP contribution in [0.3, 0.4) is 0 Å². The normalized spacial score (nSPS) is 11.1. The van der Waals surface area contributed by atoms with Gasteiger partial charge in [-0.1, -0.05) is 18.6 Å². The number of benzene rings is 2. The maximum Gasteiger partial charge on any atom is 0.262 e. The predicted molar refractivity (Wildman–Crippen MR) is 133 cm³/mol. The van der Waals surface area contributed by atoms with E-state index in [2.05, 4.69) is 15.4 Å². The van der Waals surface area contributed by atoms with E-state index in [4.69, 9.17) is 12.2 Å². The minimum absolute atomic E-state index is 0.108. The Bertz CT molecular complexity index is 1470. The van der Waals surface area contributed by atoms with Crippen molar-refractivity contribution in [1.29, 1.82) is 0 Å². The van der Waals surface area contributed by atoms with Crippen LogP contribution < -0.4 is 10.9 Å². The van der Waals surface area contributed by atoms with Crippen molar-refractivity contribution in [2.45, 2.75) is 46.1 Å². The van der Waals surface area contributed by atoms with Gasteiger partial charge in [-0.2, -0.15) is 5.10 Å². The number of aryl methyl sites for hydroxylation is 2. The van der Waals surface area contributed by atoms with Crippen LogP contribution in [0.2, 0.25) is 0 Å². The SMILES string of the molecule is Cc1cc(C)n(-c2ccc(NC(=O)CCCCCn3c(=S)[nH]c4ccccc4c3=O)cc2F)n1. The second kappa shape index (κ2) is 10.1. The Hall–Kier alpha value is -3.59. The Morgan fingerprint density at radius 3 is 2.65 bits per heavy atom. The lowest BCUT2D eigenvalue weighted by Crippen LogP contribution is -2.22. The Labute approximate surface area is 201 Å². The number of para-hydroxylation sites is 1. The molecule has 34 heavy (non-hydrogen) atoms. The first-order valence-corrected chi connectivity index (χ1v) is 11.6. The highest BCUT2D eigenvalue weighted by Gasteiger charge is 2.11. The zero-order valence-corrected chi connectivity index (χ0v) is 19.9. The number of amides is 1. The van der Waals surface area contributed by atoms with E-state index in [0.717, 1.165) is 29.7 Å². The van der Waals surface area contributed by atoms with Gasteiger partial charge in [0.05, 0.1) is 16.6 Å². The maximum atomic E-state index is 14.6. The highest BCUT2D eigenvalue weighted by atomic mass is 32.1. The molecule has 9 heteroatoms. The Balaban J connectivity index is 1.28. The number of fused-ring (bicyclic) bond motifs is 1. The van der Waals surface area contributed by atoms with Gasteiger partial charge in [-0.25, -0.2) is 9.07 Å². The summed E-state index contributed by atoms with van der Waals surface area (Å²) in [6, 6.07) is 13.7.